The number of benzene rings is 1. The van der Waals surface area contributed by atoms with Crippen LogP contribution in [0.3, 0.4) is 0 Å². The Labute approximate surface area is 160 Å². The van der Waals surface area contributed by atoms with Crippen molar-refractivity contribution in [3.63, 3.8) is 0 Å². The average molecular weight is 389 g/mol. The number of thioether (sulfide) groups is 1. The summed E-state index contributed by atoms with van der Waals surface area (Å²) >= 11 is 7.45. The zero-order valence-corrected chi connectivity index (χ0v) is 15.9. The first-order chi connectivity index (χ1) is 12.6. The van der Waals surface area contributed by atoms with Gasteiger partial charge in [0.15, 0.2) is 11.0 Å². The Hall–Kier alpha value is -2.38. The molecule has 0 aliphatic rings. The minimum absolute atomic E-state index is 0.291. The molecular formula is C18H17ClN4O2S. The van der Waals surface area contributed by atoms with Crippen LogP contribution in [-0.2, 0) is 9.53 Å². The molecular weight excluding hydrogens is 372 g/mol. The Morgan fingerprint density at radius 3 is 2.85 bits per heavy atom. The minimum Gasteiger partial charge on any atom is -0.465 e. The van der Waals surface area contributed by atoms with Crippen LogP contribution in [-0.4, -0.2) is 37.6 Å². The number of pyridine rings is 1. The second-order valence-electron chi connectivity index (χ2n) is 5.38. The van der Waals surface area contributed by atoms with E-state index in [-0.39, 0.29) is 5.97 Å². The van der Waals surface area contributed by atoms with E-state index in [0.717, 1.165) is 11.3 Å². The van der Waals surface area contributed by atoms with Gasteiger partial charge >= 0.3 is 5.97 Å². The lowest BCUT2D eigenvalue weighted by atomic mass is 10.2. The molecule has 0 N–H and O–H groups in total. The fourth-order valence-corrected chi connectivity index (χ4v) is 3.39. The molecule has 1 atom stereocenters. The SMILES string of the molecule is CCOC(=O)C(C)Sc1nnc(-c2cccnc2)n1-c1cccc(Cl)c1. The standard InChI is InChI=1S/C18H17ClN4O2S/c1-3-25-17(24)12(2)26-18-22-21-16(13-6-5-9-20-11-13)23(18)15-8-4-7-14(19)10-15/h4-12H,3H2,1-2H3. The molecule has 0 bridgehead atoms. The third-order valence-corrected chi connectivity index (χ3v) is 4.78. The van der Waals surface area contributed by atoms with Crippen molar-refractivity contribution in [2.24, 2.45) is 0 Å². The summed E-state index contributed by atoms with van der Waals surface area (Å²) in [6, 6.07) is 11.1. The molecule has 2 aromatic heterocycles. The van der Waals surface area contributed by atoms with Gasteiger partial charge in [0, 0.05) is 23.0 Å². The lowest BCUT2D eigenvalue weighted by Gasteiger charge is -2.13. The van der Waals surface area contributed by atoms with E-state index in [1.54, 1.807) is 32.3 Å². The highest BCUT2D eigenvalue weighted by Gasteiger charge is 2.22. The summed E-state index contributed by atoms with van der Waals surface area (Å²) in [7, 11) is 0. The minimum atomic E-state index is -0.418. The Morgan fingerprint density at radius 1 is 1.31 bits per heavy atom. The molecule has 0 saturated carbocycles. The highest BCUT2D eigenvalue weighted by atomic mass is 35.5. The molecule has 1 unspecified atom stereocenters. The Balaban J connectivity index is 2.05. The topological polar surface area (TPSA) is 69.9 Å². The van der Waals surface area contributed by atoms with Crippen molar-refractivity contribution in [1.82, 2.24) is 19.7 Å². The molecule has 0 fully saturated rings. The van der Waals surface area contributed by atoms with Gasteiger partial charge in [0.2, 0.25) is 0 Å². The van der Waals surface area contributed by atoms with Crippen LogP contribution < -0.4 is 0 Å². The van der Waals surface area contributed by atoms with Crippen LogP contribution in [0.1, 0.15) is 13.8 Å². The Kier molecular flexibility index (Phi) is 5.90. The third-order valence-electron chi connectivity index (χ3n) is 3.52. The van der Waals surface area contributed by atoms with Gasteiger partial charge in [-0.1, -0.05) is 29.4 Å². The van der Waals surface area contributed by atoms with Crippen molar-refractivity contribution >= 4 is 29.3 Å². The number of hydrogen-bond donors (Lipinski definition) is 0. The maximum atomic E-state index is 12.0. The number of aromatic nitrogens is 4. The van der Waals surface area contributed by atoms with E-state index in [1.165, 1.54) is 11.8 Å². The van der Waals surface area contributed by atoms with Gasteiger partial charge in [0.05, 0.1) is 12.3 Å². The van der Waals surface area contributed by atoms with E-state index in [9.17, 15) is 4.79 Å². The molecule has 26 heavy (non-hydrogen) atoms. The second-order valence-corrected chi connectivity index (χ2v) is 7.12. The van der Waals surface area contributed by atoms with Crippen molar-refractivity contribution in [1.29, 1.82) is 0 Å². The van der Waals surface area contributed by atoms with E-state index in [2.05, 4.69) is 15.2 Å². The molecule has 0 aliphatic heterocycles. The molecule has 1 aromatic carbocycles. The van der Waals surface area contributed by atoms with Gasteiger partial charge in [0.1, 0.15) is 5.25 Å². The second kappa shape index (κ2) is 8.33. The van der Waals surface area contributed by atoms with E-state index in [0.29, 0.717) is 22.6 Å². The summed E-state index contributed by atoms with van der Waals surface area (Å²) < 4.78 is 6.95. The molecule has 8 heteroatoms. The molecule has 6 nitrogen and oxygen atoms in total. The number of ether oxygens (including phenoxy) is 1. The monoisotopic (exact) mass is 388 g/mol. The maximum absolute atomic E-state index is 12.0. The molecule has 0 spiro atoms. The first kappa shape index (κ1) is 18.4. The predicted octanol–water partition coefficient (Wildman–Crippen LogP) is 4.03. The lowest BCUT2D eigenvalue weighted by molar-refractivity contribution is -0.142. The summed E-state index contributed by atoms with van der Waals surface area (Å²) in [6.45, 7) is 3.90. The number of hydrogen-bond acceptors (Lipinski definition) is 6. The first-order valence-electron chi connectivity index (χ1n) is 8.05. The molecule has 0 aliphatic carbocycles. The number of esters is 1. The number of carbonyl (C=O) groups is 1. The first-order valence-corrected chi connectivity index (χ1v) is 9.31. The van der Waals surface area contributed by atoms with Gasteiger partial charge in [-0.3, -0.25) is 14.3 Å². The summed E-state index contributed by atoms with van der Waals surface area (Å²) in [4.78, 5) is 16.1. The van der Waals surface area contributed by atoms with Crippen LogP contribution in [0.15, 0.2) is 53.9 Å². The van der Waals surface area contributed by atoms with Crippen LogP contribution in [0.4, 0.5) is 0 Å². The normalized spacial score (nSPS) is 12.0. The molecule has 0 saturated heterocycles. The zero-order valence-electron chi connectivity index (χ0n) is 14.3. The van der Waals surface area contributed by atoms with Crippen molar-refractivity contribution in [2.45, 2.75) is 24.3 Å². The summed E-state index contributed by atoms with van der Waals surface area (Å²) in [5.74, 6) is 0.333. The quantitative estimate of drug-likeness (QED) is 0.469. The van der Waals surface area contributed by atoms with Crippen molar-refractivity contribution in [3.05, 3.63) is 53.8 Å². The van der Waals surface area contributed by atoms with Crippen LogP contribution in [0.2, 0.25) is 5.02 Å². The van der Waals surface area contributed by atoms with Crippen LogP contribution >= 0.6 is 23.4 Å². The van der Waals surface area contributed by atoms with Gasteiger partial charge in [-0.05, 0) is 44.2 Å². The molecule has 3 aromatic rings. The maximum Gasteiger partial charge on any atom is 0.319 e. The Morgan fingerprint density at radius 2 is 2.15 bits per heavy atom. The summed E-state index contributed by atoms with van der Waals surface area (Å²) in [5.41, 5.74) is 1.62. The van der Waals surface area contributed by atoms with Gasteiger partial charge in [-0.2, -0.15) is 0 Å². The number of rotatable bonds is 6. The Bertz CT molecular complexity index is 901. The molecule has 2 heterocycles. The van der Waals surface area contributed by atoms with Crippen molar-refractivity contribution < 1.29 is 9.53 Å². The number of carbonyl (C=O) groups excluding carboxylic acids is 1. The highest BCUT2D eigenvalue weighted by molar-refractivity contribution is 8.00. The van der Waals surface area contributed by atoms with Crippen molar-refractivity contribution in [3.8, 4) is 17.1 Å². The molecule has 134 valence electrons. The fourth-order valence-electron chi connectivity index (χ4n) is 2.34. The fraction of sp³-hybridized carbons (Fsp3) is 0.222. The molecule has 0 amide bonds. The van der Waals surface area contributed by atoms with E-state index >= 15 is 0 Å². The zero-order chi connectivity index (χ0) is 18.5. The smallest absolute Gasteiger partial charge is 0.319 e. The van der Waals surface area contributed by atoms with Gasteiger partial charge in [0.25, 0.3) is 0 Å². The van der Waals surface area contributed by atoms with Crippen LogP contribution in [0.25, 0.3) is 17.1 Å². The van der Waals surface area contributed by atoms with Crippen LogP contribution in [0, 0.1) is 0 Å². The van der Waals surface area contributed by atoms with E-state index < -0.39 is 5.25 Å². The summed E-state index contributed by atoms with van der Waals surface area (Å²) in [6.07, 6.45) is 3.41. The summed E-state index contributed by atoms with van der Waals surface area (Å²) in [5, 5.41) is 9.34. The van der Waals surface area contributed by atoms with Crippen LogP contribution in [0.5, 0.6) is 0 Å². The highest BCUT2D eigenvalue weighted by Crippen LogP contribution is 2.31. The third kappa shape index (κ3) is 4.05. The largest absolute Gasteiger partial charge is 0.465 e. The molecule has 0 radical (unpaired) electrons. The predicted molar refractivity (Wildman–Crippen MR) is 102 cm³/mol. The number of nitrogens with zero attached hydrogens (tertiary/aromatic N) is 4. The van der Waals surface area contributed by atoms with Gasteiger partial charge in [-0.25, -0.2) is 0 Å². The van der Waals surface area contributed by atoms with Gasteiger partial charge in [-0.15, -0.1) is 10.2 Å². The van der Waals surface area contributed by atoms with Gasteiger partial charge < -0.3 is 4.74 Å². The average Bonchev–Trinajstić information content (AvgIpc) is 3.06. The lowest BCUT2D eigenvalue weighted by Crippen LogP contribution is -2.17. The van der Waals surface area contributed by atoms with E-state index in [4.69, 9.17) is 16.3 Å². The number of halogens is 1. The van der Waals surface area contributed by atoms with Crippen molar-refractivity contribution in [2.75, 3.05) is 6.61 Å². The van der Waals surface area contributed by atoms with E-state index in [1.807, 2.05) is 34.9 Å². The molecule has 3 rings (SSSR count).